The van der Waals surface area contributed by atoms with Gasteiger partial charge in [0, 0.05) is 6.54 Å². The molecule has 1 spiro atoms. The van der Waals surface area contributed by atoms with E-state index in [0.29, 0.717) is 19.7 Å². The lowest BCUT2D eigenvalue weighted by Gasteiger charge is -2.22. The van der Waals surface area contributed by atoms with Crippen LogP contribution in [-0.2, 0) is 25.6 Å². The van der Waals surface area contributed by atoms with Crippen LogP contribution in [0.5, 0.6) is 0 Å². The number of benzene rings is 1. The van der Waals surface area contributed by atoms with Gasteiger partial charge in [0.15, 0.2) is 0 Å². The Labute approximate surface area is 147 Å². The molecule has 1 aromatic rings. The first-order valence-corrected chi connectivity index (χ1v) is 8.92. The van der Waals surface area contributed by atoms with E-state index in [9.17, 15) is 9.59 Å². The van der Waals surface area contributed by atoms with Crippen molar-refractivity contribution in [3.8, 4) is 0 Å². The highest BCUT2D eigenvalue weighted by molar-refractivity contribution is 5.91. The Morgan fingerprint density at radius 2 is 2.12 bits per heavy atom. The first kappa shape index (κ1) is 16.3. The first-order chi connectivity index (χ1) is 12.0. The number of rotatable bonds is 5. The maximum Gasteiger partial charge on any atom is 0.312 e. The van der Waals surface area contributed by atoms with Gasteiger partial charge in [0.1, 0.15) is 11.5 Å². The summed E-state index contributed by atoms with van der Waals surface area (Å²) >= 11 is 0. The molecule has 1 amide bonds. The maximum absolute atomic E-state index is 13.0. The molecular formula is C20H23NO4. The van der Waals surface area contributed by atoms with E-state index < -0.39 is 17.4 Å². The summed E-state index contributed by atoms with van der Waals surface area (Å²) in [5, 5.41) is 0. The zero-order chi connectivity index (χ0) is 17.6. The van der Waals surface area contributed by atoms with Crippen molar-refractivity contribution in [2.24, 2.45) is 11.8 Å². The van der Waals surface area contributed by atoms with Crippen LogP contribution in [0.1, 0.15) is 24.5 Å². The summed E-state index contributed by atoms with van der Waals surface area (Å²) in [5.41, 5.74) is 1.61. The molecule has 0 aromatic heterocycles. The molecule has 2 bridgehead atoms. The Morgan fingerprint density at radius 1 is 1.36 bits per heavy atom. The lowest BCUT2D eigenvalue weighted by atomic mass is 9.77. The fourth-order valence-electron chi connectivity index (χ4n) is 4.19. The van der Waals surface area contributed by atoms with Gasteiger partial charge in [-0.2, -0.15) is 0 Å². The first-order valence-electron chi connectivity index (χ1n) is 8.92. The highest BCUT2D eigenvalue weighted by Crippen LogP contribution is 2.52. The molecule has 0 saturated carbocycles. The summed E-state index contributed by atoms with van der Waals surface area (Å²) in [6.07, 6.45) is 4.32. The van der Waals surface area contributed by atoms with Crippen LogP contribution < -0.4 is 0 Å². The van der Waals surface area contributed by atoms with Gasteiger partial charge in [-0.1, -0.05) is 48.9 Å². The van der Waals surface area contributed by atoms with Gasteiger partial charge in [0.25, 0.3) is 0 Å². The Morgan fingerprint density at radius 3 is 2.84 bits per heavy atom. The van der Waals surface area contributed by atoms with E-state index in [2.05, 4.69) is 0 Å². The smallest absolute Gasteiger partial charge is 0.312 e. The zero-order valence-electron chi connectivity index (χ0n) is 14.6. The van der Waals surface area contributed by atoms with Crippen molar-refractivity contribution in [2.45, 2.75) is 38.5 Å². The molecule has 132 valence electrons. The highest BCUT2D eigenvalue weighted by Gasteiger charge is 2.67. The van der Waals surface area contributed by atoms with Crippen LogP contribution in [-0.4, -0.2) is 41.6 Å². The molecule has 3 heterocycles. The predicted molar refractivity (Wildman–Crippen MR) is 91.6 cm³/mol. The molecule has 3 aliphatic heterocycles. The third kappa shape index (κ3) is 2.58. The fourth-order valence-corrected chi connectivity index (χ4v) is 4.19. The number of carbonyl (C=O) groups is 2. The second-order valence-electron chi connectivity index (χ2n) is 7.25. The lowest BCUT2D eigenvalue weighted by molar-refractivity contribution is -0.153. The van der Waals surface area contributed by atoms with Gasteiger partial charge >= 0.3 is 5.97 Å². The van der Waals surface area contributed by atoms with E-state index in [1.807, 2.05) is 50.3 Å². The molecule has 5 nitrogen and oxygen atoms in total. The van der Waals surface area contributed by atoms with Crippen molar-refractivity contribution >= 4 is 11.9 Å². The minimum Gasteiger partial charge on any atom is -0.465 e. The summed E-state index contributed by atoms with van der Waals surface area (Å²) in [6.45, 7) is 5.41. The largest absolute Gasteiger partial charge is 0.465 e. The molecule has 3 aliphatic rings. The van der Waals surface area contributed by atoms with E-state index in [1.54, 1.807) is 4.90 Å². The second-order valence-corrected chi connectivity index (χ2v) is 7.25. The topological polar surface area (TPSA) is 55.8 Å². The van der Waals surface area contributed by atoms with E-state index in [1.165, 1.54) is 5.56 Å². The molecule has 1 aromatic carbocycles. The molecule has 0 N–H and O–H groups in total. The Hall–Kier alpha value is -2.14. The van der Waals surface area contributed by atoms with E-state index in [4.69, 9.17) is 9.47 Å². The number of esters is 1. The quantitative estimate of drug-likeness (QED) is 0.609. The van der Waals surface area contributed by atoms with Crippen molar-refractivity contribution in [1.29, 1.82) is 0 Å². The Balaban J connectivity index is 1.55. The van der Waals surface area contributed by atoms with Gasteiger partial charge in [-0.05, 0) is 18.9 Å². The molecule has 0 radical (unpaired) electrons. The van der Waals surface area contributed by atoms with Crippen molar-refractivity contribution in [3.05, 3.63) is 47.5 Å². The number of amides is 1. The fraction of sp³-hybridized carbons (Fsp3) is 0.500. The van der Waals surface area contributed by atoms with Crippen LogP contribution in [0, 0.1) is 18.8 Å². The normalized spacial score (nSPS) is 32.3. The van der Waals surface area contributed by atoms with Crippen LogP contribution >= 0.6 is 0 Å². The number of hydrogen-bond acceptors (Lipinski definition) is 4. The summed E-state index contributed by atoms with van der Waals surface area (Å²) in [4.78, 5) is 27.3. The molecular weight excluding hydrogens is 318 g/mol. The Bertz CT molecular complexity index is 726. The van der Waals surface area contributed by atoms with Gasteiger partial charge in [-0.15, -0.1) is 0 Å². The summed E-state index contributed by atoms with van der Waals surface area (Å²) < 4.78 is 11.4. The van der Waals surface area contributed by atoms with Crippen molar-refractivity contribution in [1.82, 2.24) is 4.90 Å². The minimum atomic E-state index is -0.664. The number of nitrogens with zero attached hydrogens (tertiary/aromatic N) is 1. The van der Waals surface area contributed by atoms with Gasteiger partial charge in [0.05, 0.1) is 25.2 Å². The summed E-state index contributed by atoms with van der Waals surface area (Å²) in [7, 11) is 0. The number of aryl methyl sites for hydroxylation is 1. The number of fused-ring (bicyclic) bond motifs is 1. The van der Waals surface area contributed by atoms with Gasteiger partial charge in [0.2, 0.25) is 5.91 Å². The van der Waals surface area contributed by atoms with Crippen LogP contribution in [0.15, 0.2) is 36.4 Å². The third-order valence-electron chi connectivity index (χ3n) is 5.39. The molecule has 5 heteroatoms. The number of carbonyl (C=O) groups excluding carboxylic acids is 2. The Kier molecular flexibility index (Phi) is 3.91. The minimum absolute atomic E-state index is 0.00845. The van der Waals surface area contributed by atoms with Gasteiger partial charge in [-0.3, -0.25) is 9.59 Å². The van der Waals surface area contributed by atoms with Crippen molar-refractivity contribution < 1.29 is 19.1 Å². The zero-order valence-corrected chi connectivity index (χ0v) is 14.6. The third-order valence-corrected chi connectivity index (χ3v) is 5.39. The van der Waals surface area contributed by atoms with E-state index >= 15 is 0 Å². The predicted octanol–water partition coefficient (Wildman–Crippen LogP) is 2.23. The molecule has 4 rings (SSSR count). The molecule has 25 heavy (non-hydrogen) atoms. The SMILES string of the molecule is CCCOC(=O)[C@@H]1[C@@H]2C=C[C@]3(CN(Cc4ccc(C)cc4)C(=O)[C@H]13)O2. The van der Waals surface area contributed by atoms with Crippen molar-refractivity contribution in [3.63, 3.8) is 0 Å². The number of hydrogen-bond donors (Lipinski definition) is 0. The lowest BCUT2D eigenvalue weighted by Crippen LogP contribution is -2.40. The van der Waals surface area contributed by atoms with Crippen LogP contribution in [0.3, 0.4) is 0 Å². The molecule has 0 unspecified atom stereocenters. The number of likely N-dealkylation sites (tertiary alicyclic amines) is 1. The molecule has 0 aliphatic carbocycles. The average molecular weight is 341 g/mol. The van der Waals surface area contributed by atoms with Gasteiger partial charge < -0.3 is 14.4 Å². The summed E-state index contributed by atoms with van der Waals surface area (Å²) in [5.74, 6) is -1.30. The molecule has 2 fully saturated rings. The molecule has 2 saturated heterocycles. The van der Waals surface area contributed by atoms with E-state index in [-0.39, 0.29) is 18.0 Å². The maximum atomic E-state index is 13.0. The van der Waals surface area contributed by atoms with Crippen LogP contribution in [0.25, 0.3) is 0 Å². The monoisotopic (exact) mass is 341 g/mol. The average Bonchev–Trinajstić information content (AvgIpc) is 3.23. The standard InChI is InChI=1S/C20H23NO4/c1-3-10-24-19(23)16-15-8-9-20(25-15)12-21(18(22)17(16)20)11-14-6-4-13(2)5-7-14/h4-9,15-17H,3,10-12H2,1-2H3/t15-,16+,17-,20+/m0/s1. The molecule has 4 atom stereocenters. The van der Waals surface area contributed by atoms with Crippen LogP contribution in [0.4, 0.5) is 0 Å². The van der Waals surface area contributed by atoms with Crippen molar-refractivity contribution in [2.75, 3.05) is 13.2 Å². The van der Waals surface area contributed by atoms with E-state index in [0.717, 1.165) is 12.0 Å². The second kappa shape index (κ2) is 5.99. The summed E-state index contributed by atoms with van der Waals surface area (Å²) in [6, 6.07) is 8.16. The number of ether oxygens (including phenoxy) is 2. The van der Waals surface area contributed by atoms with Crippen LogP contribution in [0.2, 0.25) is 0 Å². The van der Waals surface area contributed by atoms with Gasteiger partial charge in [-0.25, -0.2) is 0 Å². The highest BCUT2D eigenvalue weighted by atomic mass is 16.6.